The SMILES string of the molecule is O=C(O)C1NCC=CC1=O. The number of carboxylic acid groups (broad SMARTS) is 1. The Hall–Kier alpha value is -1.16. The van der Waals surface area contributed by atoms with Crippen LogP contribution in [-0.4, -0.2) is 29.4 Å². The lowest BCUT2D eigenvalue weighted by atomic mass is 10.1. The summed E-state index contributed by atoms with van der Waals surface area (Å²) in [6, 6.07) is -1.04. The highest BCUT2D eigenvalue weighted by molar-refractivity contribution is 6.08. The van der Waals surface area contributed by atoms with Gasteiger partial charge in [0.2, 0.25) is 0 Å². The van der Waals surface area contributed by atoms with Gasteiger partial charge >= 0.3 is 5.97 Å². The maximum atomic E-state index is 10.7. The van der Waals surface area contributed by atoms with E-state index >= 15 is 0 Å². The third kappa shape index (κ3) is 1.22. The molecule has 0 spiro atoms. The zero-order valence-corrected chi connectivity index (χ0v) is 5.20. The van der Waals surface area contributed by atoms with Crippen molar-refractivity contribution in [2.75, 3.05) is 6.54 Å². The van der Waals surface area contributed by atoms with Crippen LogP contribution in [0.1, 0.15) is 0 Å². The first-order valence-electron chi connectivity index (χ1n) is 2.88. The minimum Gasteiger partial charge on any atom is -0.480 e. The van der Waals surface area contributed by atoms with Crippen molar-refractivity contribution < 1.29 is 14.7 Å². The molecule has 0 amide bonds. The van der Waals surface area contributed by atoms with Gasteiger partial charge in [-0.25, -0.2) is 0 Å². The van der Waals surface area contributed by atoms with E-state index in [9.17, 15) is 9.59 Å². The van der Waals surface area contributed by atoms with Crippen molar-refractivity contribution in [2.24, 2.45) is 0 Å². The Balaban J connectivity index is 2.70. The van der Waals surface area contributed by atoms with E-state index in [-0.39, 0.29) is 0 Å². The second kappa shape index (κ2) is 2.62. The summed E-state index contributed by atoms with van der Waals surface area (Å²) in [7, 11) is 0. The van der Waals surface area contributed by atoms with Crippen LogP contribution in [0.5, 0.6) is 0 Å². The van der Waals surface area contributed by atoms with Gasteiger partial charge in [0.15, 0.2) is 11.8 Å². The zero-order chi connectivity index (χ0) is 7.56. The minimum absolute atomic E-state index is 0.390. The summed E-state index contributed by atoms with van der Waals surface area (Å²) in [6.45, 7) is 0.447. The normalized spacial score (nSPS) is 24.8. The molecule has 0 fully saturated rings. The fourth-order valence-corrected chi connectivity index (χ4v) is 0.767. The molecule has 1 heterocycles. The number of ketones is 1. The summed E-state index contributed by atoms with van der Waals surface area (Å²) in [6.07, 6.45) is 2.89. The summed E-state index contributed by atoms with van der Waals surface area (Å²) >= 11 is 0. The van der Waals surface area contributed by atoms with Crippen molar-refractivity contribution in [1.82, 2.24) is 5.32 Å². The predicted molar refractivity (Wildman–Crippen MR) is 33.6 cm³/mol. The molecule has 10 heavy (non-hydrogen) atoms. The molecule has 0 aromatic heterocycles. The molecule has 0 saturated carbocycles. The molecule has 4 nitrogen and oxygen atoms in total. The molecule has 0 saturated heterocycles. The van der Waals surface area contributed by atoms with Crippen LogP contribution in [0.4, 0.5) is 0 Å². The van der Waals surface area contributed by atoms with E-state index in [0.29, 0.717) is 6.54 Å². The van der Waals surface area contributed by atoms with E-state index in [1.165, 1.54) is 6.08 Å². The summed E-state index contributed by atoms with van der Waals surface area (Å²) in [5.74, 6) is -1.51. The molecule has 54 valence electrons. The molecule has 1 unspecified atom stereocenters. The van der Waals surface area contributed by atoms with E-state index in [0.717, 1.165) is 0 Å². The average molecular weight is 141 g/mol. The number of nitrogens with one attached hydrogen (secondary N) is 1. The van der Waals surface area contributed by atoms with Crippen molar-refractivity contribution in [3.8, 4) is 0 Å². The fourth-order valence-electron chi connectivity index (χ4n) is 0.767. The lowest BCUT2D eigenvalue weighted by molar-refractivity contribution is -0.142. The average Bonchev–Trinajstić information content (AvgIpc) is 1.88. The van der Waals surface area contributed by atoms with Crippen LogP contribution in [-0.2, 0) is 9.59 Å². The number of rotatable bonds is 1. The van der Waals surface area contributed by atoms with E-state index in [4.69, 9.17) is 5.11 Å². The Kier molecular flexibility index (Phi) is 1.82. The van der Waals surface area contributed by atoms with E-state index < -0.39 is 17.8 Å². The standard InChI is InChI=1S/C6H7NO3/c8-4-2-1-3-7-5(4)6(9)10/h1-2,5,7H,3H2,(H,9,10). The molecule has 1 atom stereocenters. The molecular formula is C6H7NO3. The largest absolute Gasteiger partial charge is 0.480 e. The first-order chi connectivity index (χ1) is 4.72. The Morgan fingerprint density at radius 2 is 2.50 bits per heavy atom. The van der Waals surface area contributed by atoms with Gasteiger partial charge in [-0.05, 0) is 6.08 Å². The molecular weight excluding hydrogens is 134 g/mol. The minimum atomic E-state index is -1.12. The molecule has 1 aliphatic rings. The maximum absolute atomic E-state index is 10.7. The van der Waals surface area contributed by atoms with Gasteiger partial charge in [-0.3, -0.25) is 14.9 Å². The van der Waals surface area contributed by atoms with Gasteiger partial charge in [0.25, 0.3) is 0 Å². The van der Waals surface area contributed by atoms with Crippen molar-refractivity contribution in [1.29, 1.82) is 0 Å². The first kappa shape index (κ1) is 6.95. The molecule has 0 radical (unpaired) electrons. The van der Waals surface area contributed by atoms with E-state index in [2.05, 4.69) is 5.32 Å². The van der Waals surface area contributed by atoms with Crippen LogP contribution in [0.25, 0.3) is 0 Å². The molecule has 1 aliphatic heterocycles. The molecule has 0 bridgehead atoms. The molecule has 0 aromatic carbocycles. The van der Waals surface area contributed by atoms with Crippen LogP contribution in [0, 0.1) is 0 Å². The second-order valence-electron chi connectivity index (χ2n) is 1.98. The highest BCUT2D eigenvalue weighted by Crippen LogP contribution is 1.94. The van der Waals surface area contributed by atoms with Crippen LogP contribution >= 0.6 is 0 Å². The predicted octanol–water partition coefficient (Wildman–Crippen LogP) is -0.832. The Morgan fingerprint density at radius 3 is 2.90 bits per heavy atom. The van der Waals surface area contributed by atoms with Crippen molar-refractivity contribution in [2.45, 2.75) is 6.04 Å². The van der Waals surface area contributed by atoms with Gasteiger partial charge in [0.1, 0.15) is 0 Å². The highest BCUT2D eigenvalue weighted by atomic mass is 16.4. The number of hydrogen-bond acceptors (Lipinski definition) is 3. The van der Waals surface area contributed by atoms with Gasteiger partial charge in [0.05, 0.1) is 0 Å². The van der Waals surface area contributed by atoms with Crippen molar-refractivity contribution in [3.05, 3.63) is 12.2 Å². The van der Waals surface area contributed by atoms with Crippen molar-refractivity contribution in [3.63, 3.8) is 0 Å². The smallest absolute Gasteiger partial charge is 0.328 e. The van der Waals surface area contributed by atoms with Gasteiger partial charge in [-0.1, -0.05) is 6.08 Å². The van der Waals surface area contributed by atoms with Crippen LogP contribution in [0.3, 0.4) is 0 Å². The quantitative estimate of drug-likeness (QED) is 0.468. The van der Waals surface area contributed by atoms with Gasteiger partial charge < -0.3 is 5.11 Å². The summed E-state index contributed by atoms with van der Waals surface area (Å²) < 4.78 is 0. The summed E-state index contributed by atoms with van der Waals surface area (Å²) in [5.41, 5.74) is 0. The van der Waals surface area contributed by atoms with Crippen LogP contribution < -0.4 is 5.32 Å². The number of carbonyl (C=O) groups is 2. The van der Waals surface area contributed by atoms with Gasteiger partial charge in [-0.15, -0.1) is 0 Å². The molecule has 2 N–H and O–H groups in total. The van der Waals surface area contributed by atoms with E-state index in [1.807, 2.05) is 0 Å². The third-order valence-electron chi connectivity index (χ3n) is 1.25. The Bertz CT molecular complexity index is 197. The van der Waals surface area contributed by atoms with Crippen LogP contribution in [0.15, 0.2) is 12.2 Å². The van der Waals surface area contributed by atoms with Gasteiger partial charge in [0, 0.05) is 6.54 Å². The Morgan fingerprint density at radius 1 is 1.80 bits per heavy atom. The first-order valence-corrected chi connectivity index (χ1v) is 2.88. The molecule has 1 rings (SSSR count). The second-order valence-corrected chi connectivity index (χ2v) is 1.98. The highest BCUT2D eigenvalue weighted by Gasteiger charge is 2.24. The zero-order valence-electron chi connectivity index (χ0n) is 5.20. The number of carbonyl (C=O) groups excluding carboxylic acids is 1. The number of carboxylic acids is 1. The lowest BCUT2D eigenvalue weighted by Crippen LogP contribution is -2.44. The lowest BCUT2D eigenvalue weighted by Gasteiger charge is -2.12. The topological polar surface area (TPSA) is 66.4 Å². The van der Waals surface area contributed by atoms with Crippen molar-refractivity contribution >= 4 is 11.8 Å². The van der Waals surface area contributed by atoms with E-state index in [1.54, 1.807) is 6.08 Å². The molecule has 0 aromatic rings. The fraction of sp³-hybridized carbons (Fsp3) is 0.333. The molecule has 0 aliphatic carbocycles. The summed E-state index contributed by atoms with van der Waals surface area (Å²) in [4.78, 5) is 21.0. The summed E-state index contributed by atoms with van der Waals surface area (Å²) in [5, 5.41) is 10.9. The Labute approximate surface area is 57.5 Å². The van der Waals surface area contributed by atoms with Crippen LogP contribution in [0.2, 0.25) is 0 Å². The van der Waals surface area contributed by atoms with Gasteiger partial charge in [-0.2, -0.15) is 0 Å². The monoisotopic (exact) mass is 141 g/mol. The maximum Gasteiger partial charge on any atom is 0.328 e. The molecule has 4 heteroatoms. The number of aliphatic carboxylic acids is 1. The number of hydrogen-bond donors (Lipinski definition) is 2. The third-order valence-corrected chi connectivity index (χ3v) is 1.25.